The Kier molecular flexibility index (Phi) is 3.80. The Balaban J connectivity index is 2.14. The summed E-state index contributed by atoms with van der Waals surface area (Å²) in [5.41, 5.74) is 0. The topological polar surface area (TPSA) is 58.9 Å². The Morgan fingerprint density at radius 2 is 1.89 bits per heavy atom. The molecule has 3 unspecified atom stereocenters. The minimum absolute atomic E-state index is 0.267. The lowest BCUT2D eigenvalue weighted by molar-refractivity contribution is 0.552. The van der Waals surface area contributed by atoms with Crippen molar-refractivity contribution in [2.45, 2.75) is 38.4 Å². The second-order valence-electron chi connectivity index (χ2n) is 6.28. The van der Waals surface area contributed by atoms with Gasteiger partial charge in [0, 0.05) is 44.8 Å². The zero-order valence-corrected chi connectivity index (χ0v) is 13.2. The fourth-order valence-electron chi connectivity index (χ4n) is 2.50. The van der Waals surface area contributed by atoms with E-state index in [4.69, 9.17) is 0 Å². The van der Waals surface area contributed by atoms with Crippen molar-refractivity contribution >= 4 is 19.5 Å². The van der Waals surface area contributed by atoms with Crippen molar-refractivity contribution < 1.29 is 8.42 Å². The molecule has 2 heterocycles. The van der Waals surface area contributed by atoms with Crippen LogP contribution < -0.4 is 0 Å². The predicted molar refractivity (Wildman–Crippen MR) is 78.0 cm³/mol. The van der Waals surface area contributed by atoms with Crippen LogP contribution in [-0.2, 0) is 19.5 Å². The maximum absolute atomic E-state index is 12.8. The first-order valence-electron chi connectivity index (χ1n) is 6.63. The van der Waals surface area contributed by atoms with Gasteiger partial charge >= 0.3 is 0 Å². The van der Waals surface area contributed by atoms with E-state index in [0.717, 1.165) is 25.1 Å². The van der Waals surface area contributed by atoms with Crippen LogP contribution in [0.15, 0.2) is 8.73 Å². The molecular formula is C12H24N2O2S2. The zero-order valence-electron chi connectivity index (χ0n) is 11.6. The van der Waals surface area contributed by atoms with Gasteiger partial charge in [0.15, 0.2) is 0 Å². The van der Waals surface area contributed by atoms with Gasteiger partial charge in [0.05, 0.1) is 9.73 Å². The van der Waals surface area contributed by atoms with Crippen LogP contribution in [-0.4, -0.2) is 43.5 Å². The molecule has 106 valence electrons. The third-order valence-electron chi connectivity index (χ3n) is 3.70. The van der Waals surface area contributed by atoms with Gasteiger partial charge in [0.1, 0.15) is 0 Å². The molecule has 0 spiro atoms. The van der Waals surface area contributed by atoms with E-state index < -0.39 is 19.5 Å². The standard InChI is InChI=1S/C12H24N2O2S2/c1-12(2,3)18(16)10-11(5-7-14-18)9-17(15)8-4-6-13-17/h11H,4-10H2,1-3H3. The molecule has 0 aromatic carbocycles. The van der Waals surface area contributed by atoms with E-state index in [1.165, 1.54) is 0 Å². The SMILES string of the molecule is CC(C)(C)S1(=O)=NCCC(CS2(=O)=NCCC2)C1. The minimum atomic E-state index is -2.17. The van der Waals surface area contributed by atoms with E-state index >= 15 is 0 Å². The Bertz CT molecular complexity index is 545. The van der Waals surface area contributed by atoms with Crippen LogP contribution in [0.25, 0.3) is 0 Å². The molecular weight excluding hydrogens is 268 g/mol. The van der Waals surface area contributed by atoms with Crippen LogP contribution in [0.3, 0.4) is 0 Å². The Labute approximate surface area is 111 Å². The summed E-state index contributed by atoms with van der Waals surface area (Å²) in [4.78, 5) is 0. The highest BCUT2D eigenvalue weighted by Gasteiger charge is 2.34. The van der Waals surface area contributed by atoms with Crippen LogP contribution in [0.1, 0.15) is 33.6 Å². The van der Waals surface area contributed by atoms with Gasteiger partial charge in [0.2, 0.25) is 0 Å². The Hall–Kier alpha value is -0.100. The molecule has 2 aliphatic rings. The molecule has 0 aliphatic carbocycles. The van der Waals surface area contributed by atoms with Crippen LogP contribution >= 0.6 is 0 Å². The zero-order chi connectivity index (χ0) is 13.4. The molecule has 0 fully saturated rings. The highest BCUT2D eigenvalue weighted by Crippen LogP contribution is 2.28. The fraction of sp³-hybridized carbons (Fsp3) is 1.00. The highest BCUT2D eigenvalue weighted by atomic mass is 32.2. The summed E-state index contributed by atoms with van der Waals surface area (Å²) in [6.07, 6.45) is 1.87. The van der Waals surface area contributed by atoms with Gasteiger partial charge in [-0.1, -0.05) is 0 Å². The molecule has 2 aliphatic heterocycles. The average molecular weight is 292 g/mol. The van der Waals surface area contributed by atoms with Crippen molar-refractivity contribution in [3.05, 3.63) is 0 Å². The van der Waals surface area contributed by atoms with Crippen LogP contribution in [0.2, 0.25) is 0 Å². The van der Waals surface area contributed by atoms with Crippen molar-refractivity contribution in [1.29, 1.82) is 0 Å². The summed E-state index contributed by atoms with van der Waals surface area (Å²) >= 11 is 0. The van der Waals surface area contributed by atoms with Gasteiger partial charge in [-0.05, 0) is 39.5 Å². The molecule has 4 nitrogen and oxygen atoms in total. The van der Waals surface area contributed by atoms with Crippen molar-refractivity contribution in [2.75, 3.05) is 30.3 Å². The lowest BCUT2D eigenvalue weighted by Gasteiger charge is -2.31. The summed E-state index contributed by atoms with van der Waals surface area (Å²) in [7, 11) is -4.16. The maximum Gasteiger partial charge on any atom is 0.0520 e. The summed E-state index contributed by atoms with van der Waals surface area (Å²) < 4.78 is 33.6. The first kappa shape index (κ1) is 14.3. The van der Waals surface area contributed by atoms with Gasteiger partial charge in [-0.15, -0.1) is 0 Å². The minimum Gasteiger partial charge on any atom is -0.250 e. The quantitative estimate of drug-likeness (QED) is 0.783. The molecule has 0 amide bonds. The summed E-state index contributed by atoms with van der Waals surface area (Å²) in [6.45, 7) is 7.35. The first-order valence-corrected chi connectivity index (χ1v) is 10.2. The van der Waals surface area contributed by atoms with E-state index in [0.29, 0.717) is 18.1 Å². The number of rotatable bonds is 2. The van der Waals surface area contributed by atoms with Gasteiger partial charge in [0.25, 0.3) is 0 Å². The molecule has 0 saturated carbocycles. The Morgan fingerprint density at radius 3 is 2.44 bits per heavy atom. The fourth-order valence-corrected chi connectivity index (χ4v) is 7.43. The van der Waals surface area contributed by atoms with Gasteiger partial charge < -0.3 is 0 Å². The molecule has 0 aromatic rings. The largest absolute Gasteiger partial charge is 0.250 e. The highest BCUT2D eigenvalue weighted by molar-refractivity contribution is 7.95. The van der Waals surface area contributed by atoms with Crippen LogP contribution in [0.5, 0.6) is 0 Å². The average Bonchev–Trinajstić information content (AvgIpc) is 2.63. The number of hydrogen-bond acceptors (Lipinski definition) is 4. The second kappa shape index (κ2) is 4.78. The molecule has 0 N–H and O–H groups in total. The van der Waals surface area contributed by atoms with Crippen LogP contribution in [0, 0.1) is 5.92 Å². The number of nitrogens with zero attached hydrogens (tertiary/aromatic N) is 2. The first-order chi connectivity index (χ1) is 8.24. The lowest BCUT2D eigenvalue weighted by Crippen LogP contribution is -2.38. The van der Waals surface area contributed by atoms with E-state index in [9.17, 15) is 8.42 Å². The maximum atomic E-state index is 12.8. The second-order valence-corrected chi connectivity index (χ2v) is 11.9. The normalized spacial score (nSPS) is 41.2. The third kappa shape index (κ3) is 2.90. The molecule has 6 heteroatoms. The van der Waals surface area contributed by atoms with E-state index in [1.807, 2.05) is 20.8 Å². The summed E-state index contributed by atoms with van der Waals surface area (Å²) in [6, 6.07) is 0. The van der Waals surface area contributed by atoms with Gasteiger partial charge in [-0.25, -0.2) is 17.1 Å². The van der Waals surface area contributed by atoms with Gasteiger partial charge in [-0.3, -0.25) is 0 Å². The summed E-state index contributed by atoms with van der Waals surface area (Å²) in [5, 5.41) is 0. The van der Waals surface area contributed by atoms with Crippen molar-refractivity contribution in [3.8, 4) is 0 Å². The van der Waals surface area contributed by atoms with E-state index in [-0.39, 0.29) is 10.7 Å². The van der Waals surface area contributed by atoms with Crippen LogP contribution in [0.4, 0.5) is 0 Å². The molecule has 0 aromatic heterocycles. The summed E-state index contributed by atoms with van der Waals surface area (Å²) in [5.74, 6) is 2.24. The van der Waals surface area contributed by atoms with Gasteiger partial charge in [-0.2, -0.15) is 0 Å². The molecule has 18 heavy (non-hydrogen) atoms. The lowest BCUT2D eigenvalue weighted by atomic mass is 10.1. The molecule has 3 atom stereocenters. The van der Waals surface area contributed by atoms with Crippen molar-refractivity contribution in [3.63, 3.8) is 0 Å². The monoisotopic (exact) mass is 292 g/mol. The molecule has 0 bridgehead atoms. The third-order valence-corrected chi connectivity index (χ3v) is 9.71. The van der Waals surface area contributed by atoms with Crippen molar-refractivity contribution in [1.82, 2.24) is 0 Å². The van der Waals surface area contributed by atoms with E-state index in [2.05, 4.69) is 8.73 Å². The molecule has 0 saturated heterocycles. The van der Waals surface area contributed by atoms with Crippen molar-refractivity contribution in [2.24, 2.45) is 14.6 Å². The predicted octanol–water partition coefficient (Wildman–Crippen LogP) is 2.14. The van der Waals surface area contributed by atoms with E-state index in [1.54, 1.807) is 0 Å². The number of hydrogen-bond donors (Lipinski definition) is 0. The molecule has 2 rings (SSSR count). The molecule has 0 radical (unpaired) electrons. The Morgan fingerprint density at radius 1 is 1.17 bits per heavy atom. The smallest absolute Gasteiger partial charge is 0.0520 e.